The lowest BCUT2D eigenvalue weighted by atomic mass is 10.2. The number of ether oxygens (including phenoxy) is 1. The molecule has 1 aromatic carbocycles. The minimum absolute atomic E-state index is 0.146. The van der Waals surface area contributed by atoms with Crippen LogP contribution in [0.4, 0.5) is 5.69 Å². The predicted octanol–water partition coefficient (Wildman–Crippen LogP) is 0.863. The maximum absolute atomic E-state index is 12.6. The molecule has 1 unspecified atom stereocenters. The molecule has 0 bridgehead atoms. The van der Waals surface area contributed by atoms with Crippen LogP contribution >= 0.6 is 0 Å². The lowest BCUT2D eigenvalue weighted by Gasteiger charge is -2.29. The Bertz CT molecular complexity index is 612. The molecular formula is C14H21N3O3S. The van der Waals surface area contributed by atoms with Crippen LogP contribution in [0.5, 0.6) is 5.75 Å². The van der Waals surface area contributed by atoms with Crippen LogP contribution in [0.25, 0.3) is 0 Å². The molecule has 2 heterocycles. The molecule has 1 saturated heterocycles. The van der Waals surface area contributed by atoms with Gasteiger partial charge in [-0.15, -0.1) is 0 Å². The van der Waals surface area contributed by atoms with E-state index < -0.39 is 10.0 Å². The summed E-state index contributed by atoms with van der Waals surface area (Å²) in [6.45, 7) is 5.21. The van der Waals surface area contributed by atoms with Gasteiger partial charge in [-0.3, -0.25) is 0 Å². The Morgan fingerprint density at radius 1 is 1.33 bits per heavy atom. The zero-order valence-corrected chi connectivity index (χ0v) is 12.9. The lowest BCUT2D eigenvalue weighted by Crippen LogP contribution is -2.46. The molecule has 1 atom stereocenters. The number of benzene rings is 1. The van der Waals surface area contributed by atoms with Gasteiger partial charge in [0.15, 0.2) is 0 Å². The van der Waals surface area contributed by atoms with E-state index in [4.69, 9.17) is 4.74 Å². The number of piperazine rings is 1. The van der Waals surface area contributed by atoms with Gasteiger partial charge >= 0.3 is 0 Å². The molecule has 0 radical (unpaired) electrons. The second-order valence-electron chi connectivity index (χ2n) is 5.34. The number of fused-ring (bicyclic) bond motifs is 1. The first-order chi connectivity index (χ1) is 10.1. The maximum atomic E-state index is 12.6. The fourth-order valence-corrected chi connectivity index (χ4v) is 4.09. The fourth-order valence-electron chi connectivity index (χ4n) is 2.62. The molecule has 7 heteroatoms. The smallest absolute Gasteiger partial charge is 0.243 e. The summed E-state index contributed by atoms with van der Waals surface area (Å²) in [7, 11) is -3.42. The summed E-state index contributed by atoms with van der Waals surface area (Å²) in [5.74, 6) is 0.729. The third kappa shape index (κ3) is 2.86. The summed E-state index contributed by atoms with van der Waals surface area (Å²) in [5, 5.41) is 6.42. The topological polar surface area (TPSA) is 70.7 Å². The molecule has 0 aliphatic carbocycles. The maximum Gasteiger partial charge on any atom is 0.243 e. The number of anilines is 1. The van der Waals surface area contributed by atoms with Gasteiger partial charge < -0.3 is 15.4 Å². The van der Waals surface area contributed by atoms with E-state index in [1.165, 1.54) is 4.31 Å². The second kappa shape index (κ2) is 5.82. The summed E-state index contributed by atoms with van der Waals surface area (Å²) in [6.07, 6.45) is 1.07. The van der Waals surface area contributed by atoms with Crippen LogP contribution < -0.4 is 15.4 Å². The van der Waals surface area contributed by atoms with Crippen molar-refractivity contribution in [1.82, 2.24) is 9.62 Å². The van der Waals surface area contributed by atoms with Crippen molar-refractivity contribution in [1.29, 1.82) is 0 Å². The molecule has 1 fully saturated rings. The summed E-state index contributed by atoms with van der Waals surface area (Å²) in [6, 6.07) is 5.06. The predicted molar refractivity (Wildman–Crippen MR) is 81.3 cm³/mol. The van der Waals surface area contributed by atoms with Crippen LogP contribution in [0.2, 0.25) is 0 Å². The highest BCUT2D eigenvalue weighted by Crippen LogP contribution is 2.32. The minimum Gasteiger partial charge on any atom is -0.486 e. The van der Waals surface area contributed by atoms with Crippen molar-refractivity contribution in [3.63, 3.8) is 0 Å². The van der Waals surface area contributed by atoms with E-state index in [2.05, 4.69) is 17.6 Å². The van der Waals surface area contributed by atoms with E-state index >= 15 is 0 Å². The molecule has 0 aromatic heterocycles. The first kappa shape index (κ1) is 14.6. The van der Waals surface area contributed by atoms with Crippen molar-refractivity contribution < 1.29 is 13.2 Å². The quantitative estimate of drug-likeness (QED) is 0.866. The van der Waals surface area contributed by atoms with Crippen molar-refractivity contribution in [2.24, 2.45) is 0 Å². The Morgan fingerprint density at radius 2 is 2.10 bits per heavy atom. The van der Waals surface area contributed by atoms with Gasteiger partial charge in [0.25, 0.3) is 0 Å². The lowest BCUT2D eigenvalue weighted by molar-refractivity contribution is 0.201. The zero-order valence-electron chi connectivity index (χ0n) is 12.1. The summed E-state index contributed by atoms with van der Waals surface area (Å²) in [4.78, 5) is 0.328. The average Bonchev–Trinajstić information content (AvgIpc) is 2.54. The first-order valence-corrected chi connectivity index (χ1v) is 8.80. The third-order valence-electron chi connectivity index (χ3n) is 3.93. The van der Waals surface area contributed by atoms with Crippen LogP contribution in [-0.2, 0) is 10.0 Å². The van der Waals surface area contributed by atoms with E-state index in [9.17, 15) is 8.42 Å². The molecule has 6 nitrogen and oxygen atoms in total. The Balaban J connectivity index is 1.86. The van der Waals surface area contributed by atoms with Crippen molar-refractivity contribution in [2.45, 2.75) is 24.3 Å². The highest BCUT2D eigenvalue weighted by atomic mass is 32.2. The second-order valence-corrected chi connectivity index (χ2v) is 7.28. The number of rotatable bonds is 3. The SMILES string of the molecule is CCC1CNc2cc(S(=O)(=O)N3CCNCC3)ccc2O1. The van der Waals surface area contributed by atoms with Crippen LogP contribution in [0.1, 0.15) is 13.3 Å². The monoisotopic (exact) mass is 311 g/mol. The van der Waals surface area contributed by atoms with Crippen LogP contribution in [0.15, 0.2) is 23.1 Å². The standard InChI is InChI=1S/C14H21N3O3S/c1-2-11-10-16-13-9-12(3-4-14(13)20-11)21(18,19)17-7-5-15-6-8-17/h3-4,9,11,15-16H,2,5-8,10H2,1H3. The van der Waals surface area contributed by atoms with Gasteiger partial charge in [0, 0.05) is 26.2 Å². The van der Waals surface area contributed by atoms with Crippen LogP contribution in [0, 0.1) is 0 Å². The molecule has 21 heavy (non-hydrogen) atoms. The van der Waals surface area contributed by atoms with Crippen molar-refractivity contribution >= 4 is 15.7 Å². The molecule has 1 aromatic rings. The molecule has 2 aliphatic heterocycles. The largest absolute Gasteiger partial charge is 0.486 e. The van der Waals surface area contributed by atoms with Crippen molar-refractivity contribution in [3.8, 4) is 5.75 Å². The molecule has 0 spiro atoms. The van der Waals surface area contributed by atoms with Gasteiger partial charge in [-0.25, -0.2) is 8.42 Å². The molecule has 2 aliphatic rings. The van der Waals surface area contributed by atoms with Gasteiger partial charge in [0.1, 0.15) is 11.9 Å². The number of hydrogen-bond acceptors (Lipinski definition) is 5. The average molecular weight is 311 g/mol. The van der Waals surface area contributed by atoms with E-state index in [1.807, 2.05) is 0 Å². The first-order valence-electron chi connectivity index (χ1n) is 7.36. The number of hydrogen-bond donors (Lipinski definition) is 2. The van der Waals surface area contributed by atoms with Gasteiger partial charge in [-0.2, -0.15) is 4.31 Å². The van der Waals surface area contributed by atoms with E-state index in [1.54, 1.807) is 18.2 Å². The Hall–Kier alpha value is -1.31. The van der Waals surface area contributed by atoms with Gasteiger partial charge in [0.05, 0.1) is 17.1 Å². The van der Waals surface area contributed by atoms with Gasteiger partial charge in [-0.05, 0) is 24.6 Å². The molecule has 2 N–H and O–H groups in total. The van der Waals surface area contributed by atoms with Crippen LogP contribution in [-0.4, -0.2) is 51.6 Å². The summed E-state index contributed by atoms with van der Waals surface area (Å²) >= 11 is 0. The van der Waals surface area contributed by atoms with E-state index in [0.717, 1.165) is 17.9 Å². The molecular weight excluding hydrogens is 290 g/mol. The highest BCUT2D eigenvalue weighted by molar-refractivity contribution is 7.89. The van der Waals surface area contributed by atoms with Crippen LogP contribution in [0.3, 0.4) is 0 Å². The molecule has 3 rings (SSSR count). The van der Waals surface area contributed by atoms with E-state index in [0.29, 0.717) is 37.6 Å². The zero-order chi connectivity index (χ0) is 14.9. The number of nitrogens with zero attached hydrogens (tertiary/aromatic N) is 1. The van der Waals surface area contributed by atoms with Gasteiger partial charge in [-0.1, -0.05) is 6.92 Å². The number of nitrogens with one attached hydrogen (secondary N) is 2. The Labute approximate surface area is 125 Å². The van der Waals surface area contributed by atoms with Gasteiger partial charge in [0.2, 0.25) is 10.0 Å². The fraction of sp³-hybridized carbons (Fsp3) is 0.571. The van der Waals surface area contributed by atoms with E-state index in [-0.39, 0.29) is 6.10 Å². The highest BCUT2D eigenvalue weighted by Gasteiger charge is 2.27. The van der Waals surface area contributed by atoms with Crippen molar-refractivity contribution in [2.75, 3.05) is 38.0 Å². The molecule has 0 amide bonds. The van der Waals surface area contributed by atoms with Crippen molar-refractivity contribution in [3.05, 3.63) is 18.2 Å². The molecule has 116 valence electrons. The normalized spacial score (nSPS) is 23.0. The Morgan fingerprint density at radius 3 is 2.81 bits per heavy atom. The third-order valence-corrected chi connectivity index (χ3v) is 5.83. The number of sulfonamides is 1. The minimum atomic E-state index is -3.42. The Kier molecular flexibility index (Phi) is 4.05. The summed E-state index contributed by atoms with van der Waals surface area (Å²) in [5.41, 5.74) is 0.760. The molecule has 0 saturated carbocycles. The summed E-state index contributed by atoms with van der Waals surface area (Å²) < 4.78 is 32.6.